The topological polar surface area (TPSA) is 60.2 Å². The monoisotopic (exact) mass is 305 g/mol. The van der Waals surface area contributed by atoms with E-state index < -0.39 is 26.9 Å². The molecule has 3 nitrogen and oxygen atoms in total. The fraction of sp³-hybridized carbons (Fsp3) is 0.385. The van der Waals surface area contributed by atoms with Crippen LogP contribution in [0.2, 0.25) is 0 Å². The Labute approximate surface area is 115 Å². The van der Waals surface area contributed by atoms with Crippen molar-refractivity contribution in [2.45, 2.75) is 24.3 Å². The van der Waals surface area contributed by atoms with Gasteiger partial charge in [-0.3, -0.25) is 0 Å². The molecule has 110 valence electrons. The average molecular weight is 305 g/mol. The third-order valence-corrected chi connectivity index (χ3v) is 5.59. The third-order valence-electron chi connectivity index (χ3n) is 3.83. The molecule has 0 spiro atoms. The minimum absolute atomic E-state index is 0.106. The van der Waals surface area contributed by atoms with Crippen LogP contribution in [0.1, 0.15) is 24.5 Å². The molecule has 1 aliphatic rings. The number of sulfonamides is 1. The van der Waals surface area contributed by atoms with E-state index in [1.807, 2.05) is 0 Å². The van der Waals surface area contributed by atoms with E-state index in [4.69, 9.17) is 5.14 Å². The van der Waals surface area contributed by atoms with Gasteiger partial charge in [0.2, 0.25) is 10.0 Å². The van der Waals surface area contributed by atoms with Gasteiger partial charge >= 0.3 is 6.18 Å². The van der Waals surface area contributed by atoms with Crippen molar-refractivity contribution < 1.29 is 21.6 Å². The average Bonchev–Trinajstić information content (AvgIpc) is 2.34. The number of primary sulfonamides is 1. The molecule has 0 fully saturated rings. The number of fused-ring (bicyclic) bond motifs is 1. The number of rotatable bonds is 2. The molecule has 2 unspecified atom stereocenters. The van der Waals surface area contributed by atoms with E-state index in [-0.39, 0.29) is 12.0 Å². The fourth-order valence-corrected chi connectivity index (χ4v) is 4.14. The van der Waals surface area contributed by atoms with E-state index in [1.54, 1.807) is 18.2 Å². The molecule has 20 heavy (non-hydrogen) atoms. The molecule has 2 rings (SSSR count). The molecule has 0 saturated heterocycles. The standard InChI is InChI=1S/C13H14F3NO2S/c1-9(13(14,15)16)12(20(17,18)19)8-4-6-10-5-2-3-7-11(10)12/h2-7,9H,8H2,1H3,(H2,17,18,19). The van der Waals surface area contributed by atoms with Crippen LogP contribution in [0.5, 0.6) is 0 Å². The predicted molar refractivity (Wildman–Crippen MR) is 70.1 cm³/mol. The van der Waals surface area contributed by atoms with Gasteiger partial charge < -0.3 is 0 Å². The van der Waals surface area contributed by atoms with E-state index in [9.17, 15) is 21.6 Å². The zero-order valence-corrected chi connectivity index (χ0v) is 11.5. The highest BCUT2D eigenvalue weighted by Crippen LogP contribution is 2.50. The predicted octanol–water partition coefficient (Wildman–Crippen LogP) is 2.79. The summed E-state index contributed by atoms with van der Waals surface area (Å²) in [6.07, 6.45) is -1.91. The molecule has 7 heteroatoms. The molecular weight excluding hydrogens is 291 g/mol. The first kappa shape index (κ1) is 15.1. The first-order valence-corrected chi connectivity index (χ1v) is 7.50. The molecular formula is C13H14F3NO2S. The highest BCUT2D eigenvalue weighted by molar-refractivity contribution is 7.90. The lowest BCUT2D eigenvalue weighted by molar-refractivity contribution is -0.180. The van der Waals surface area contributed by atoms with Crippen molar-refractivity contribution in [1.82, 2.24) is 0 Å². The zero-order valence-electron chi connectivity index (χ0n) is 10.7. The van der Waals surface area contributed by atoms with Gasteiger partial charge in [-0.2, -0.15) is 13.2 Å². The Bertz CT molecular complexity index is 652. The van der Waals surface area contributed by atoms with E-state index in [0.29, 0.717) is 5.56 Å². The van der Waals surface area contributed by atoms with Gasteiger partial charge in [-0.25, -0.2) is 13.6 Å². The molecule has 1 aromatic carbocycles. The van der Waals surface area contributed by atoms with Gasteiger partial charge in [0.25, 0.3) is 0 Å². The van der Waals surface area contributed by atoms with Crippen LogP contribution < -0.4 is 5.14 Å². The molecule has 0 aliphatic heterocycles. The molecule has 0 aromatic heterocycles. The van der Waals surface area contributed by atoms with Gasteiger partial charge in [0, 0.05) is 0 Å². The second-order valence-electron chi connectivity index (χ2n) is 4.89. The van der Waals surface area contributed by atoms with Crippen molar-refractivity contribution in [3.05, 3.63) is 41.5 Å². The van der Waals surface area contributed by atoms with Crippen LogP contribution in [0, 0.1) is 5.92 Å². The summed E-state index contributed by atoms with van der Waals surface area (Å²) < 4.78 is 61.3. The molecule has 0 amide bonds. The van der Waals surface area contributed by atoms with Crippen molar-refractivity contribution in [2.75, 3.05) is 0 Å². The number of alkyl halides is 3. The summed E-state index contributed by atoms with van der Waals surface area (Å²) >= 11 is 0. The quantitative estimate of drug-likeness (QED) is 0.913. The van der Waals surface area contributed by atoms with Crippen LogP contribution in [0.3, 0.4) is 0 Å². The Kier molecular flexibility index (Phi) is 3.46. The normalized spacial score (nSPS) is 24.2. The summed E-state index contributed by atoms with van der Waals surface area (Å²) in [5.74, 6) is -2.10. The van der Waals surface area contributed by atoms with Crippen LogP contribution in [-0.4, -0.2) is 14.6 Å². The zero-order chi connectivity index (χ0) is 15.2. The number of hydrogen-bond acceptors (Lipinski definition) is 2. The first-order valence-electron chi connectivity index (χ1n) is 5.96. The van der Waals surface area contributed by atoms with Crippen molar-refractivity contribution in [3.8, 4) is 0 Å². The lowest BCUT2D eigenvalue weighted by Crippen LogP contribution is -2.51. The Morgan fingerprint density at radius 2 is 1.90 bits per heavy atom. The molecule has 1 aliphatic carbocycles. The van der Waals surface area contributed by atoms with Crippen molar-refractivity contribution in [3.63, 3.8) is 0 Å². The number of halogens is 3. The SMILES string of the molecule is CC(C(F)(F)F)C1(S(N)(=O)=O)CC=Cc2ccccc21. The molecule has 0 heterocycles. The van der Waals surface area contributed by atoms with E-state index in [0.717, 1.165) is 6.92 Å². The minimum Gasteiger partial charge on any atom is -0.228 e. The maximum absolute atomic E-state index is 13.2. The largest absolute Gasteiger partial charge is 0.393 e. The first-order chi connectivity index (χ1) is 9.11. The third kappa shape index (κ3) is 2.14. The Balaban J connectivity index is 2.78. The van der Waals surface area contributed by atoms with Gasteiger partial charge in [0.15, 0.2) is 0 Å². The Hall–Kier alpha value is -1.34. The van der Waals surface area contributed by atoms with Crippen molar-refractivity contribution >= 4 is 16.1 Å². The van der Waals surface area contributed by atoms with Crippen molar-refractivity contribution in [1.29, 1.82) is 0 Å². The number of hydrogen-bond donors (Lipinski definition) is 1. The highest BCUT2D eigenvalue weighted by Gasteiger charge is 2.58. The van der Waals surface area contributed by atoms with Gasteiger partial charge in [0.1, 0.15) is 4.75 Å². The van der Waals surface area contributed by atoms with E-state index in [2.05, 4.69) is 0 Å². The summed E-state index contributed by atoms with van der Waals surface area (Å²) in [4.78, 5) is 0. The number of nitrogens with two attached hydrogens (primary N) is 1. The summed E-state index contributed by atoms with van der Waals surface area (Å²) in [5, 5.41) is 5.20. The number of benzene rings is 1. The van der Waals surface area contributed by atoms with Crippen LogP contribution in [0.25, 0.3) is 6.08 Å². The molecule has 0 radical (unpaired) electrons. The number of allylic oxidation sites excluding steroid dienone is 1. The summed E-state index contributed by atoms with van der Waals surface area (Å²) in [5.41, 5.74) is 0.554. The maximum Gasteiger partial charge on any atom is 0.393 e. The van der Waals surface area contributed by atoms with Crippen molar-refractivity contribution in [2.24, 2.45) is 11.1 Å². The lowest BCUT2D eigenvalue weighted by atomic mass is 9.78. The van der Waals surface area contributed by atoms with Crippen LogP contribution in [0.15, 0.2) is 30.3 Å². The van der Waals surface area contributed by atoms with E-state index in [1.165, 1.54) is 18.2 Å². The van der Waals surface area contributed by atoms with Crippen LogP contribution in [0.4, 0.5) is 13.2 Å². The second-order valence-corrected chi connectivity index (χ2v) is 6.71. The smallest absolute Gasteiger partial charge is 0.228 e. The molecule has 2 atom stereocenters. The van der Waals surface area contributed by atoms with Crippen LogP contribution in [-0.2, 0) is 14.8 Å². The highest BCUT2D eigenvalue weighted by atomic mass is 32.2. The lowest BCUT2D eigenvalue weighted by Gasteiger charge is -2.40. The maximum atomic E-state index is 13.2. The van der Waals surface area contributed by atoms with Gasteiger partial charge in [-0.15, -0.1) is 0 Å². The minimum atomic E-state index is -4.66. The summed E-state index contributed by atoms with van der Waals surface area (Å²) in [6, 6.07) is 6.13. The van der Waals surface area contributed by atoms with Gasteiger partial charge in [0.05, 0.1) is 5.92 Å². The fourth-order valence-electron chi connectivity index (χ4n) is 2.69. The Morgan fingerprint density at radius 3 is 2.45 bits per heavy atom. The molecule has 1 aromatic rings. The second kappa shape index (κ2) is 4.60. The molecule has 2 N–H and O–H groups in total. The Morgan fingerprint density at radius 1 is 1.30 bits per heavy atom. The molecule has 0 saturated carbocycles. The van der Waals surface area contributed by atoms with Gasteiger partial charge in [-0.1, -0.05) is 43.3 Å². The summed E-state index contributed by atoms with van der Waals surface area (Å²) in [7, 11) is -4.45. The summed E-state index contributed by atoms with van der Waals surface area (Å²) in [6.45, 7) is 0.861. The van der Waals surface area contributed by atoms with Gasteiger partial charge in [-0.05, 0) is 17.5 Å². The van der Waals surface area contributed by atoms with E-state index >= 15 is 0 Å². The van der Waals surface area contributed by atoms with Crippen LogP contribution >= 0.6 is 0 Å². The molecule has 0 bridgehead atoms.